The summed E-state index contributed by atoms with van der Waals surface area (Å²) in [6, 6.07) is 9.72. The van der Waals surface area contributed by atoms with Gasteiger partial charge in [-0.3, -0.25) is 9.69 Å². The number of ether oxygens (including phenoxy) is 1. The fourth-order valence-corrected chi connectivity index (χ4v) is 3.03. The van der Waals surface area contributed by atoms with Gasteiger partial charge in [0, 0.05) is 13.1 Å². The van der Waals surface area contributed by atoms with E-state index in [-0.39, 0.29) is 11.9 Å². The number of amides is 3. The van der Waals surface area contributed by atoms with Crippen LogP contribution < -0.4 is 5.32 Å². The molecule has 23 heavy (non-hydrogen) atoms. The zero-order valence-corrected chi connectivity index (χ0v) is 13.5. The zero-order chi connectivity index (χ0) is 16.3. The fourth-order valence-electron chi connectivity index (χ4n) is 3.03. The van der Waals surface area contributed by atoms with Crippen molar-refractivity contribution in [1.82, 2.24) is 15.1 Å². The molecule has 0 bridgehead atoms. The first-order valence-corrected chi connectivity index (χ1v) is 8.07. The van der Waals surface area contributed by atoms with Crippen molar-refractivity contribution in [2.75, 3.05) is 33.0 Å². The van der Waals surface area contributed by atoms with Crippen LogP contribution in [0.4, 0.5) is 4.79 Å². The molecule has 1 aromatic carbocycles. The lowest BCUT2D eigenvalue weighted by Gasteiger charge is -2.29. The second kappa shape index (κ2) is 6.68. The molecule has 0 spiro atoms. The van der Waals surface area contributed by atoms with Crippen molar-refractivity contribution in [2.24, 2.45) is 0 Å². The largest absolute Gasteiger partial charge is 0.379 e. The van der Waals surface area contributed by atoms with E-state index in [1.165, 1.54) is 10.5 Å². The van der Waals surface area contributed by atoms with Gasteiger partial charge in [-0.1, -0.05) is 30.3 Å². The van der Waals surface area contributed by atoms with Gasteiger partial charge in [-0.25, -0.2) is 9.69 Å². The van der Waals surface area contributed by atoms with Gasteiger partial charge in [-0.15, -0.1) is 0 Å². The topological polar surface area (TPSA) is 61.9 Å². The fraction of sp³-hybridized carbons (Fsp3) is 0.529. The van der Waals surface area contributed by atoms with Gasteiger partial charge < -0.3 is 10.1 Å². The number of nitrogens with one attached hydrogen (secondary N) is 1. The van der Waals surface area contributed by atoms with Gasteiger partial charge in [0.25, 0.3) is 5.91 Å². The summed E-state index contributed by atoms with van der Waals surface area (Å²) < 4.78 is 5.30. The predicted octanol–water partition coefficient (Wildman–Crippen LogP) is 1.22. The summed E-state index contributed by atoms with van der Waals surface area (Å²) in [6.07, 6.45) is 1.36. The minimum atomic E-state index is -0.820. The molecule has 0 saturated carbocycles. The zero-order valence-electron chi connectivity index (χ0n) is 13.5. The van der Waals surface area contributed by atoms with Crippen LogP contribution in [0.2, 0.25) is 0 Å². The highest BCUT2D eigenvalue weighted by Crippen LogP contribution is 2.23. The molecule has 1 aromatic rings. The summed E-state index contributed by atoms with van der Waals surface area (Å²) in [5.74, 6) is -0.134. The van der Waals surface area contributed by atoms with Crippen molar-refractivity contribution in [2.45, 2.75) is 25.3 Å². The van der Waals surface area contributed by atoms with Crippen LogP contribution in [0.5, 0.6) is 0 Å². The number of morpholine rings is 1. The van der Waals surface area contributed by atoms with Crippen molar-refractivity contribution in [1.29, 1.82) is 0 Å². The number of nitrogens with zero attached hydrogens (tertiary/aromatic N) is 2. The molecule has 6 heteroatoms. The van der Waals surface area contributed by atoms with E-state index in [2.05, 4.69) is 10.2 Å². The molecular formula is C17H23N3O3. The predicted molar refractivity (Wildman–Crippen MR) is 85.8 cm³/mol. The first-order chi connectivity index (χ1) is 11.1. The molecule has 3 amide bonds. The first-order valence-electron chi connectivity index (χ1n) is 8.07. The molecule has 124 valence electrons. The van der Waals surface area contributed by atoms with Gasteiger partial charge in [0.05, 0.1) is 19.9 Å². The third-order valence-corrected chi connectivity index (χ3v) is 4.55. The van der Waals surface area contributed by atoms with Crippen molar-refractivity contribution < 1.29 is 14.3 Å². The van der Waals surface area contributed by atoms with Crippen LogP contribution in [0.25, 0.3) is 0 Å². The molecule has 2 aliphatic rings. The Morgan fingerprint density at radius 3 is 2.57 bits per heavy atom. The maximum absolute atomic E-state index is 12.7. The number of carbonyl (C=O) groups is 2. The van der Waals surface area contributed by atoms with Crippen LogP contribution in [0, 0.1) is 0 Å². The Bertz CT molecular complexity index is 572. The van der Waals surface area contributed by atoms with Crippen LogP contribution in [-0.4, -0.2) is 60.2 Å². The van der Waals surface area contributed by atoms with Crippen LogP contribution in [0.3, 0.4) is 0 Å². The molecule has 2 fully saturated rings. The Balaban J connectivity index is 1.62. The first kappa shape index (κ1) is 16.0. The summed E-state index contributed by atoms with van der Waals surface area (Å²) >= 11 is 0. The Labute approximate surface area is 136 Å². The molecule has 1 atom stereocenters. The number of rotatable bonds is 5. The van der Waals surface area contributed by atoms with Crippen LogP contribution in [0.15, 0.2) is 30.3 Å². The minimum absolute atomic E-state index is 0.134. The van der Waals surface area contributed by atoms with Gasteiger partial charge in [0.1, 0.15) is 5.54 Å². The SMILES string of the molecule is CC1(CCc2ccccc2)NC(=O)N(CN2CCOCC2)C1=O. The van der Waals surface area contributed by atoms with Crippen molar-refractivity contribution >= 4 is 11.9 Å². The number of hydrogen-bond donors (Lipinski definition) is 1. The van der Waals surface area contributed by atoms with E-state index in [4.69, 9.17) is 4.74 Å². The highest BCUT2D eigenvalue weighted by atomic mass is 16.5. The lowest BCUT2D eigenvalue weighted by molar-refractivity contribution is -0.133. The smallest absolute Gasteiger partial charge is 0.326 e. The summed E-state index contributed by atoms with van der Waals surface area (Å²) in [7, 11) is 0. The lowest BCUT2D eigenvalue weighted by atomic mass is 9.93. The summed E-state index contributed by atoms with van der Waals surface area (Å²) in [5.41, 5.74) is 0.349. The summed E-state index contributed by atoms with van der Waals surface area (Å²) in [6.45, 7) is 4.95. The molecule has 0 aromatic heterocycles. The third-order valence-electron chi connectivity index (χ3n) is 4.55. The average molecular weight is 317 g/mol. The van der Waals surface area contributed by atoms with Crippen molar-refractivity contribution in [3.05, 3.63) is 35.9 Å². The Morgan fingerprint density at radius 1 is 1.17 bits per heavy atom. The van der Waals surface area contributed by atoms with E-state index >= 15 is 0 Å². The van der Waals surface area contributed by atoms with Crippen LogP contribution >= 0.6 is 0 Å². The number of imide groups is 1. The van der Waals surface area contributed by atoms with Gasteiger partial charge in [0.2, 0.25) is 0 Å². The second-order valence-electron chi connectivity index (χ2n) is 6.35. The summed E-state index contributed by atoms with van der Waals surface area (Å²) in [4.78, 5) is 28.3. The monoisotopic (exact) mass is 317 g/mol. The molecule has 2 saturated heterocycles. The van der Waals surface area contributed by atoms with Crippen LogP contribution in [-0.2, 0) is 16.0 Å². The molecule has 2 aliphatic heterocycles. The molecule has 2 heterocycles. The Morgan fingerprint density at radius 2 is 1.87 bits per heavy atom. The van der Waals surface area contributed by atoms with E-state index in [9.17, 15) is 9.59 Å². The highest BCUT2D eigenvalue weighted by molar-refractivity contribution is 6.06. The Hall–Kier alpha value is -1.92. The van der Waals surface area contributed by atoms with E-state index < -0.39 is 5.54 Å². The minimum Gasteiger partial charge on any atom is -0.379 e. The standard InChI is InChI=1S/C17H23N3O3/c1-17(8-7-14-5-3-2-4-6-14)15(21)20(16(22)18-17)13-19-9-11-23-12-10-19/h2-6H,7-13H2,1H3,(H,18,22). The number of carbonyl (C=O) groups excluding carboxylic acids is 2. The van der Waals surface area contributed by atoms with Gasteiger partial charge >= 0.3 is 6.03 Å². The average Bonchev–Trinajstić information content (AvgIpc) is 2.79. The van der Waals surface area contributed by atoms with E-state index in [1.54, 1.807) is 0 Å². The van der Waals surface area contributed by atoms with Gasteiger partial charge in [0.15, 0.2) is 0 Å². The van der Waals surface area contributed by atoms with E-state index in [0.717, 1.165) is 19.5 Å². The van der Waals surface area contributed by atoms with E-state index in [0.29, 0.717) is 26.3 Å². The summed E-state index contributed by atoms with van der Waals surface area (Å²) in [5, 5.41) is 2.87. The number of aryl methyl sites for hydroxylation is 1. The molecule has 1 N–H and O–H groups in total. The number of urea groups is 1. The van der Waals surface area contributed by atoms with Crippen LogP contribution in [0.1, 0.15) is 18.9 Å². The molecule has 0 radical (unpaired) electrons. The van der Waals surface area contributed by atoms with Crippen molar-refractivity contribution in [3.8, 4) is 0 Å². The Kier molecular flexibility index (Phi) is 4.63. The third kappa shape index (κ3) is 3.54. The molecule has 1 unspecified atom stereocenters. The van der Waals surface area contributed by atoms with E-state index in [1.807, 2.05) is 37.3 Å². The van der Waals surface area contributed by atoms with Crippen molar-refractivity contribution in [3.63, 3.8) is 0 Å². The molecular weight excluding hydrogens is 294 g/mol. The molecule has 6 nitrogen and oxygen atoms in total. The maximum atomic E-state index is 12.7. The highest BCUT2D eigenvalue weighted by Gasteiger charge is 2.47. The quantitative estimate of drug-likeness (QED) is 0.830. The maximum Gasteiger partial charge on any atom is 0.326 e. The molecule has 0 aliphatic carbocycles. The number of hydrogen-bond acceptors (Lipinski definition) is 4. The number of benzene rings is 1. The van der Waals surface area contributed by atoms with Gasteiger partial charge in [-0.2, -0.15) is 0 Å². The van der Waals surface area contributed by atoms with Gasteiger partial charge in [-0.05, 0) is 25.3 Å². The second-order valence-corrected chi connectivity index (χ2v) is 6.35. The normalized spacial score (nSPS) is 25.7. The molecule has 3 rings (SSSR count). The lowest BCUT2D eigenvalue weighted by Crippen LogP contribution is -2.48.